The Balaban J connectivity index is 2.86. The highest BCUT2D eigenvalue weighted by atomic mass is 35.5. The second kappa shape index (κ2) is 3.92. The summed E-state index contributed by atoms with van der Waals surface area (Å²) in [6.07, 6.45) is 0. The second-order valence-corrected chi connectivity index (χ2v) is 4.07. The predicted molar refractivity (Wildman–Crippen MR) is 63.5 cm³/mol. The van der Waals surface area contributed by atoms with Gasteiger partial charge >= 0.3 is 5.97 Å². The molecule has 0 aliphatic carbocycles. The Labute approximate surface area is 103 Å². The van der Waals surface area contributed by atoms with Crippen LogP contribution in [0, 0.1) is 6.92 Å². The van der Waals surface area contributed by atoms with E-state index in [1.165, 1.54) is 13.2 Å². The zero-order chi connectivity index (χ0) is 12.7. The molecule has 0 spiro atoms. The Morgan fingerprint density at radius 3 is 2.82 bits per heavy atom. The molecule has 17 heavy (non-hydrogen) atoms. The number of phenols is 1. The highest BCUT2D eigenvalue weighted by Crippen LogP contribution is 2.34. The molecule has 0 aliphatic rings. The topological polar surface area (TPSA) is 64.3 Å². The lowest BCUT2D eigenvalue weighted by Gasteiger charge is -2.05. The predicted octanol–water partition coefficient (Wildman–Crippen LogP) is 2.03. The molecule has 0 atom stereocenters. The number of benzene rings is 1. The third kappa shape index (κ3) is 1.63. The van der Waals surface area contributed by atoms with E-state index in [1.54, 1.807) is 18.5 Å². The van der Waals surface area contributed by atoms with Crippen LogP contribution in [0.4, 0.5) is 0 Å². The number of halogens is 1. The lowest BCUT2D eigenvalue weighted by Crippen LogP contribution is -2.02. The highest BCUT2D eigenvalue weighted by molar-refractivity contribution is 6.35. The van der Waals surface area contributed by atoms with Crippen LogP contribution in [0.1, 0.15) is 16.2 Å². The van der Waals surface area contributed by atoms with Crippen molar-refractivity contribution in [3.05, 3.63) is 22.5 Å². The molecule has 0 bridgehead atoms. The Bertz CT molecular complexity index is 619. The van der Waals surface area contributed by atoms with E-state index >= 15 is 0 Å². The summed E-state index contributed by atoms with van der Waals surface area (Å²) in [5.41, 5.74) is 0.912. The van der Waals surface area contributed by atoms with E-state index in [0.717, 1.165) is 0 Å². The van der Waals surface area contributed by atoms with Gasteiger partial charge in [0.1, 0.15) is 16.9 Å². The molecule has 0 radical (unpaired) electrons. The van der Waals surface area contributed by atoms with Gasteiger partial charge in [-0.2, -0.15) is 0 Å². The Kier molecular flexibility index (Phi) is 2.71. The molecule has 1 aromatic carbocycles. The maximum atomic E-state index is 11.4. The van der Waals surface area contributed by atoms with Crippen LogP contribution in [0.2, 0.25) is 5.02 Å². The fraction of sp³-hybridized carbons (Fsp3) is 0.273. The van der Waals surface area contributed by atoms with Crippen molar-refractivity contribution in [2.75, 3.05) is 7.11 Å². The molecule has 0 saturated heterocycles. The summed E-state index contributed by atoms with van der Waals surface area (Å²) in [5, 5.41) is 10.3. The van der Waals surface area contributed by atoms with E-state index in [-0.39, 0.29) is 11.3 Å². The summed E-state index contributed by atoms with van der Waals surface area (Å²) < 4.78 is 6.31. The van der Waals surface area contributed by atoms with Crippen molar-refractivity contribution >= 4 is 28.6 Å². The van der Waals surface area contributed by atoms with Crippen LogP contribution in [0.5, 0.6) is 5.75 Å². The SMILES string of the molecule is COC(=O)c1cc(Cl)c2c(nc(C)n2C)c1O. The number of phenolic OH excluding ortho intramolecular Hbond substituents is 1. The monoisotopic (exact) mass is 254 g/mol. The largest absolute Gasteiger partial charge is 0.505 e. The number of hydrogen-bond donors (Lipinski definition) is 1. The van der Waals surface area contributed by atoms with Gasteiger partial charge in [-0.1, -0.05) is 11.6 Å². The molecule has 2 rings (SSSR count). The molecule has 90 valence electrons. The third-order valence-electron chi connectivity index (χ3n) is 2.70. The van der Waals surface area contributed by atoms with Gasteiger partial charge in [-0.3, -0.25) is 0 Å². The molecular weight excluding hydrogens is 244 g/mol. The number of aromatic nitrogens is 2. The van der Waals surface area contributed by atoms with E-state index in [1.807, 2.05) is 0 Å². The highest BCUT2D eigenvalue weighted by Gasteiger charge is 2.20. The lowest BCUT2D eigenvalue weighted by molar-refractivity contribution is 0.0597. The molecule has 5 nitrogen and oxygen atoms in total. The first-order valence-corrected chi connectivity index (χ1v) is 5.28. The van der Waals surface area contributed by atoms with E-state index in [9.17, 15) is 9.90 Å². The number of aromatic hydroxyl groups is 1. The minimum absolute atomic E-state index is 0.0168. The molecule has 2 aromatic rings. The number of nitrogens with zero attached hydrogens (tertiary/aromatic N) is 2. The molecular formula is C11H11ClN2O3. The van der Waals surface area contributed by atoms with Gasteiger partial charge in [-0.25, -0.2) is 9.78 Å². The number of imidazole rings is 1. The number of methoxy groups -OCH3 is 1. The third-order valence-corrected chi connectivity index (χ3v) is 2.99. The molecule has 0 saturated carbocycles. The number of hydrogen-bond acceptors (Lipinski definition) is 4. The molecule has 0 fully saturated rings. The Morgan fingerprint density at radius 2 is 2.24 bits per heavy atom. The van der Waals surface area contributed by atoms with Gasteiger partial charge in [0.25, 0.3) is 0 Å². The summed E-state index contributed by atoms with van der Waals surface area (Å²) in [5.74, 6) is -0.159. The van der Waals surface area contributed by atoms with Gasteiger partial charge in [0.05, 0.1) is 17.6 Å². The zero-order valence-electron chi connectivity index (χ0n) is 9.61. The van der Waals surface area contributed by atoms with Gasteiger partial charge in [0.2, 0.25) is 0 Å². The van der Waals surface area contributed by atoms with Gasteiger partial charge in [-0.05, 0) is 13.0 Å². The van der Waals surface area contributed by atoms with Crippen LogP contribution < -0.4 is 0 Å². The lowest BCUT2D eigenvalue weighted by atomic mass is 10.1. The van der Waals surface area contributed by atoms with Crippen molar-refractivity contribution in [1.82, 2.24) is 9.55 Å². The van der Waals surface area contributed by atoms with Gasteiger partial charge in [0, 0.05) is 7.05 Å². The van der Waals surface area contributed by atoms with Crippen molar-refractivity contribution in [3.63, 3.8) is 0 Å². The normalized spacial score (nSPS) is 10.8. The summed E-state index contributed by atoms with van der Waals surface area (Å²) in [6, 6.07) is 1.38. The first kappa shape index (κ1) is 11.7. The number of rotatable bonds is 1. The zero-order valence-corrected chi connectivity index (χ0v) is 10.4. The van der Waals surface area contributed by atoms with Crippen molar-refractivity contribution in [3.8, 4) is 5.75 Å². The maximum Gasteiger partial charge on any atom is 0.341 e. The molecule has 0 aliphatic heterocycles. The quantitative estimate of drug-likeness (QED) is 0.791. The van der Waals surface area contributed by atoms with Crippen LogP contribution >= 0.6 is 11.6 Å². The first-order chi connectivity index (χ1) is 7.97. The number of fused-ring (bicyclic) bond motifs is 1. The van der Waals surface area contributed by atoms with Gasteiger partial charge < -0.3 is 14.4 Å². The first-order valence-electron chi connectivity index (χ1n) is 4.90. The van der Waals surface area contributed by atoms with Crippen LogP contribution in [0.3, 0.4) is 0 Å². The number of ether oxygens (including phenoxy) is 1. The standard InChI is InChI=1S/C11H11ClN2O3/c1-5-13-8-9(14(5)2)7(12)4-6(10(8)15)11(16)17-3/h4,15H,1-3H3. The van der Waals surface area contributed by atoms with Crippen molar-refractivity contribution in [1.29, 1.82) is 0 Å². The molecule has 1 heterocycles. The Morgan fingerprint density at radius 1 is 1.59 bits per heavy atom. The van der Waals surface area contributed by atoms with Crippen LogP contribution in [-0.2, 0) is 11.8 Å². The Hall–Kier alpha value is -1.75. The average molecular weight is 255 g/mol. The van der Waals surface area contributed by atoms with Crippen LogP contribution in [0.25, 0.3) is 11.0 Å². The minimum atomic E-state index is -0.644. The average Bonchev–Trinajstić information content (AvgIpc) is 2.60. The van der Waals surface area contributed by atoms with E-state index < -0.39 is 5.97 Å². The van der Waals surface area contributed by atoms with Crippen LogP contribution in [0.15, 0.2) is 6.07 Å². The van der Waals surface area contributed by atoms with Gasteiger partial charge in [0.15, 0.2) is 5.75 Å². The summed E-state index contributed by atoms with van der Waals surface area (Å²) >= 11 is 6.07. The summed E-state index contributed by atoms with van der Waals surface area (Å²) in [4.78, 5) is 15.6. The van der Waals surface area contributed by atoms with E-state index in [2.05, 4.69) is 9.72 Å². The fourth-order valence-corrected chi connectivity index (χ4v) is 2.03. The number of carbonyl (C=O) groups excluding carboxylic acids is 1. The summed E-state index contributed by atoms with van der Waals surface area (Å²) in [7, 11) is 3.03. The van der Waals surface area contributed by atoms with Crippen LogP contribution in [-0.4, -0.2) is 27.7 Å². The fourth-order valence-electron chi connectivity index (χ4n) is 1.71. The number of esters is 1. The molecule has 1 aromatic heterocycles. The molecule has 0 amide bonds. The van der Waals surface area contributed by atoms with Crippen molar-refractivity contribution < 1.29 is 14.6 Å². The maximum absolute atomic E-state index is 11.4. The number of aryl methyl sites for hydroxylation is 2. The smallest absolute Gasteiger partial charge is 0.341 e. The van der Waals surface area contributed by atoms with Gasteiger partial charge in [-0.15, -0.1) is 0 Å². The second-order valence-electron chi connectivity index (χ2n) is 3.66. The molecule has 6 heteroatoms. The van der Waals surface area contributed by atoms with E-state index in [4.69, 9.17) is 11.6 Å². The molecule has 1 N–H and O–H groups in total. The minimum Gasteiger partial charge on any atom is -0.505 e. The van der Waals surface area contributed by atoms with Crippen molar-refractivity contribution in [2.24, 2.45) is 7.05 Å². The molecule has 0 unspecified atom stereocenters. The number of carbonyl (C=O) groups is 1. The van der Waals surface area contributed by atoms with Crippen molar-refractivity contribution in [2.45, 2.75) is 6.92 Å². The summed E-state index contributed by atoms with van der Waals surface area (Å²) in [6.45, 7) is 1.79. The van der Waals surface area contributed by atoms with E-state index in [0.29, 0.717) is 21.9 Å².